The summed E-state index contributed by atoms with van der Waals surface area (Å²) in [6.45, 7) is 2.61. The van der Waals surface area contributed by atoms with E-state index >= 15 is 0 Å². The molecule has 1 aromatic carbocycles. The Balaban J connectivity index is 1.27. The van der Waals surface area contributed by atoms with E-state index in [1.165, 1.54) is 18.2 Å². The predicted molar refractivity (Wildman–Crippen MR) is 116 cm³/mol. The third kappa shape index (κ3) is 4.83. The van der Waals surface area contributed by atoms with Crippen LogP contribution in [-0.2, 0) is 12.7 Å². The number of hydrogen-bond acceptors (Lipinski definition) is 5. The van der Waals surface area contributed by atoms with E-state index < -0.39 is 17.6 Å². The summed E-state index contributed by atoms with van der Waals surface area (Å²) in [5.41, 5.74) is 0.380. The number of hydrogen-bond donors (Lipinski definition) is 1. The quantitative estimate of drug-likeness (QED) is 0.546. The van der Waals surface area contributed by atoms with E-state index in [0.29, 0.717) is 11.8 Å². The molecular formula is C24H23F4N5. The molecule has 5 nitrogen and oxygen atoms in total. The number of pyridine rings is 1. The van der Waals surface area contributed by atoms with Crippen LogP contribution in [0.3, 0.4) is 0 Å². The van der Waals surface area contributed by atoms with Gasteiger partial charge < -0.3 is 5.32 Å². The van der Waals surface area contributed by atoms with Crippen LogP contribution in [-0.4, -0.2) is 39.2 Å². The standard InChI is InChI=1S/C24H23F4N5/c25-18-5-3-4-15(8-18)22-11-21(24(26,27)28)23(32-31-22)30-20-9-16-12-33(13-17(16)10-20)14-19-6-1-2-7-29-19/h1-8,11,16-17,20H,9-10,12-14H2,(H,30,32)/t16-,17+,20?. The molecule has 0 radical (unpaired) electrons. The Morgan fingerprint density at radius 2 is 1.76 bits per heavy atom. The average molecular weight is 457 g/mol. The minimum absolute atomic E-state index is 0.0131. The van der Waals surface area contributed by atoms with Crippen molar-refractivity contribution in [1.82, 2.24) is 20.1 Å². The summed E-state index contributed by atoms with van der Waals surface area (Å²) in [5.74, 6) is 0.0535. The average Bonchev–Trinajstić information content (AvgIpc) is 3.32. The molecule has 3 atom stereocenters. The first-order valence-corrected chi connectivity index (χ1v) is 10.9. The first kappa shape index (κ1) is 21.8. The molecule has 1 unspecified atom stereocenters. The highest BCUT2D eigenvalue weighted by Gasteiger charge is 2.42. The van der Waals surface area contributed by atoms with Gasteiger partial charge in [-0.05, 0) is 55.0 Å². The number of anilines is 1. The SMILES string of the molecule is Fc1cccc(-c2cc(C(F)(F)F)c(NC3C[C@@H]4CN(Cc5ccccn5)C[C@@H]4C3)nn2)c1. The molecule has 2 fully saturated rings. The molecule has 5 rings (SSSR count). The smallest absolute Gasteiger partial charge is 0.365 e. The zero-order valence-corrected chi connectivity index (χ0v) is 17.8. The molecule has 1 N–H and O–H groups in total. The molecule has 1 saturated heterocycles. The highest BCUT2D eigenvalue weighted by molar-refractivity contribution is 5.62. The molecule has 33 heavy (non-hydrogen) atoms. The molecule has 1 aliphatic heterocycles. The van der Waals surface area contributed by atoms with E-state index in [1.54, 1.807) is 6.20 Å². The molecule has 3 heterocycles. The van der Waals surface area contributed by atoms with Crippen molar-refractivity contribution in [2.45, 2.75) is 31.6 Å². The van der Waals surface area contributed by atoms with Crippen LogP contribution in [0.5, 0.6) is 0 Å². The van der Waals surface area contributed by atoms with Gasteiger partial charge >= 0.3 is 6.18 Å². The fraction of sp³-hybridized carbons (Fsp3) is 0.375. The zero-order valence-electron chi connectivity index (χ0n) is 17.8. The van der Waals surface area contributed by atoms with E-state index in [-0.39, 0.29) is 23.1 Å². The number of halogens is 4. The Morgan fingerprint density at radius 1 is 0.970 bits per heavy atom. The summed E-state index contributed by atoms with van der Waals surface area (Å²) in [6.07, 6.45) is -1.25. The fourth-order valence-electron chi connectivity index (χ4n) is 5.06. The number of nitrogens with one attached hydrogen (secondary N) is 1. The van der Waals surface area contributed by atoms with Gasteiger partial charge in [-0.3, -0.25) is 9.88 Å². The van der Waals surface area contributed by atoms with Crippen LogP contribution in [0.15, 0.2) is 54.7 Å². The van der Waals surface area contributed by atoms with Gasteiger partial charge in [-0.15, -0.1) is 10.2 Å². The van der Waals surface area contributed by atoms with Gasteiger partial charge in [-0.25, -0.2) is 4.39 Å². The lowest BCUT2D eigenvalue weighted by molar-refractivity contribution is -0.137. The van der Waals surface area contributed by atoms with Crippen LogP contribution in [0.2, 0.25) is 0 Å². The van der Waals surface area contributed by atoms with Gasteiger partial charge in [0.1, 0.15) is 11.4 Å². The van der Waals surface area contributed by atoms with Gasteiger partial charge in [-0.1, -0.05) is 18.2 Å². The maximum atomic E-state index is 13.8. The Bertz CT molecular complexity index is 1110. The van der Waals surface area contributed by atoms with Gasteiger partial charge in [0, 0.05) is 37.4 Å². The normalized spacial score (nSPS) is 23.0. The summed E-state index contributed by atoms with van der Waals surface area (Å²) >= 11 is 0. The molecule has 0 bridgehead atoms. The van der Waals surface area contributed by atoms with Crippen LogP contribution in [0.4, 0.5) is 23.4 Å². The molecule has 1 aliphatic carbocycles. The highest BCUT2D eigenvalue weighted by Crippen LogP contribution is 2.41. The van der Waals surface area contributed by atoms with Crippen molar-refractivity contribution in [1.29, 1.82) is 0 Å². The zero-order chi connectivity index (χ0) is 23.0. The van der Waals surface area contributed by atoms with E-state index in [1.807, 2.05) is 18.2 Å². The van der Waals surface area contributed by atoms with Crippen LogP contribution < -0.4 is 5.32 Å². The van der Waals surface area contributed by atoms with Crippen molar-refractivity contribution < 1.29 is 17.6 Å². The lowest BCUT2D eigenvalue weighted by Gasteiger charge is -2.21. The highest BCUT2D eigenvalue weighted by atomic mass is 19.4. The minimum Gasteiger partial charge on any atom is -0.365 e. The molecule has 172 valence electrons. The predicted octanol–water partition coefficient (Wildman–Crippen LogP) is 5.02. The second-order valence-electron chi connectivity index (χ2n) is 8.85. The van der Waals surface area contributed by atoms with Crippen molar-refractivity contribution in [3.05, 3.63) is 71.8 Å². The maximum Gasteiger partial charge on any atom is 0.420 e. The van der Waals surface area contributed by atoms with E-state index in [0.717, 1.165) is 50.3 Å². The van der Waals surface area contributed by atoms with Crippen LogP contribution >= 0.6 is 0 Å². The van der Waals surface area contributed by atoms with Gasteiger partial charge in [-0.2, -0.15) is 13.2 Å². The van der Waals surface area contributed by atoms with E-state index in [9.17, 15) is 17.6 Å². The largest absolute Gasteiger partial charge is 0.420 e. The van der Waals surface area contributed by atoms with Crippen LogP contribution in [0.25, 0.3) is 11.3 Å². The van der Waals surface area contributed by atoms with Crippen molar-refractivity contribution in [2.75, 3.05) is 18.4 Å². The third-order valence-corrected chi connectivity index (χ3v) is 6.50. The third-order valence-electron chi connectivity index (χ3n) is 6.50. The number of benzene rings is 1. The second kappa shape index (κ2) is 8.70. The molecule has 0 amide bonds. The lowest BCUT2D eigenvalue weighted by Crippen LogP contribution is -2.26. The van der Waals surface area contributed by atoms with Crippen molar-refractivity contribution in [3.8, 4) is 11.3 Å². The summed E-state index contributed by atoms with van der Waals surface area (Å²) in [5, 5.41) is 10.8. The minimum atomic E-state index is -4.60. The second-order valence-corrected chi connectivity index (χ2v) is 8.85. The van der Waals surface area contributed by atoms with Gasteiger partial charge in [0.05, 0.1) is 11.4 Å². The van der Waals surface area contributed by atoms with Crippen LogP contribution in [0, 0.1) is 17.7 Å². The molecule has 3 aromatic rings. The maximum absolute atomic E-state index is 13.8. The Hall–Kier alpha value is -3.07. The van der Waals surface area contributed by atoms with Gasteiger partial charge in [0.15, 0.2) is 5.82 Å². The number of aromatic nitrogens is 3. The first-order chi connectivity index (χ1) is 15.8. The molecule has 2 aliphatic rings. The molecular weight excluding hydrogens is 434 g/mol. The number of alkyl halides is 3. The summed E-state index contributed by atoms with van der Waals surface area (Å²) in [6, 6.07) is 12.0. The van der Waals surface area contributed by atoms with Gasteiger partial charge in [0.25, 0.3) is 0 Å². The number of likely N-dealkylation sites (tertiary alicyclic amines) is 1. The van der Waals surface area contributed by atoms with Crippen LogP contribution in [0.1, 0.15) is 24.1 Å². The Morgan fingerprint density at radius 3 is 2.42 bits per heavy atom. The topological polar surface area (TPSA) is 53.9 Å². The molecule has 9 heteroatoms. The van der Waals surface area contributed by atoms with Crippen molar-refractivity contribution >= 4 is 5.82 Å². The summed E-state index contributed by atoms with van der Waals surface area (Å²) in [7, 11) is 0. The number of fused-ring (bicyclic) bond motifs is 1. The summed E-state index contributed by atoms with van der Waals surface area (Å²) < 4.78 is 54.9. The summed E-state index contributed by atoms with van der Waals surface area (Å²) in [4.78, 5) is 6.74. The van der Waals surface area contributed by atoms with E-state index in [2.05, 4.69) is 25.4 Å². The lowest BCUT2D eigenvalue weighted by atomic mass is 10.0. The molecule has 0 spiro atoms. The van der Waals surface area contributed by atoms with Crippen molar-refractivity contribution in [3.63, 3.8) is 0 Å². The number of nitrogens with zero attached hydrogens (tertiary/aromatic N) is 4. The molecule has 2 aromatic heterocycles. The molecule has 1 saturated carbocycles. The van der Waals surface area contributed by atoms with Crippen molar-refractivity contribution in [2.24, 2.45) is 11.8 Å². The van der Waals surface area contributed by atoms with E-state index in [4.69, 9.17) is 0 Å². The fourth-order valence-corrected chi connectivity index (χ4v) is 5.06. The Labute approximate surface area is 188 Å². The number of rotatable bonds is 5. The van der Waals surface area contributed by atoms with Gasteiger partial charge in [0.2, 0.25) is 0 Å². The first-order valence-electron chi connectivity index (χ1n) is 10.9. The monoisotopic (exact) mass is 457 g/mol. The Kier molecular flexibility index (Phi) is 5.74.